The average molecular weight is 409 g/mol. The normalized spacial score (nSPS) is 11.1. The maximum Gasteiger partial charge on any atom is 0.277 e. The third kappa shape index (κ3) is 5.88. The highest BCUT2D eigenvalue weighted by Gasteiger charge is 2.11. The molecule has 0 heterocycles. The van der Waals surface area contributed by atoms with Gasteiger partial charge >= 0.3 is 0 Å². The predicted octanol–water partition coefficient (Wildman–Crippen LogP) is 4.96. The molecule has 0 aromatic heterocycles. The predicted molar refractivity (Wildman–Crippen MR) is 110 cm³/mol. The summed E-state index contributed by atoms with van der Waals surface area (Å²) in [6.45, 7) is 5.98. The molecule has 2 aromatic carbocycles. The van der Waals surface area contributed by atoms with Gasteiger partial charge in [0.15, 0.2) is 6.61 Å². The molecular weight excluding hydrogens is 387 g/mol. The summed E-state index contributed by atoms with van der Waals surface area (Å²) in [7, 11) is 1.49. The Hall–Kier alpha value is -2.24. The minimum atomic E-state index is -0.380. The highest BCUT2D eigenvalue weighted by atomic mass is 35.5. The van der Waals surface area contributed by atoms with E-state index in [4.69, 9.17) is 32.7 Å². The lowest BCUT2D eigenvalue weighted by Crippen LogP contribution is -2.25. The second-order valence-corrected chi connectivity index (χ2v) is 7.13. The van der Waals surface area contributed by atoms with Crippen LogP contribution in [0, 0.1) is 6.92 Å². The summed E-state index contributed by atoms with van der Waals surface area (Å²) in [6, 6.07) is 9.17. The molecule has 0 unspecified atom stereocenters. The lowest BCUT2D eigenvalue weighted by molar-refractivity contribution is -0.123. The molecule has 0 aliphatic carbocycles. The van der Waals surface area contributed by atoms with E-state index >= 15 is 0 Å². The maximum absolute atomic E-state index is 12.0. The Morgan fingerprint density at radius 1 is 1.26 bits per heavy atom. The standard InChI is InChI=1S/C20H22Cl2N2O3/c1-12(2)16-6-5-13(3)7-18(16)27-11-19(25)24-23-10-14-8-15(21)9-17(22)20(14)26-4/h5-10,12H,11H2,1-4H3,(H,24,25). The zero-order valence-corrected chi connectivity index (χ0v) is 17.2. The van der Waals surface area contributed by atoms with Crippen LogP contribution in [0.3, 0.4) is 0 Å². The molecule has 0 saturated heterocycles. The number of rotatable bonds is 7. The number of methoxy groups -OCH3 is 1. The molecule has 5 nitrogen and oxygen atoms in total. The third-order valence-electron chi connectivity index (χ3n) is 3.78. The van der Waals surface area contributed by atoms with Crippen molar-refractivity contribution in [3.05, 3.63) is 57.1 Å². The van der Waals surface area contributed by atoms with Crippen molar-refractivity contribution in [3.63, 3.8) is 0 Å². The van der Waals surface area contributed by atoms with Gasteiger partial charge in [-0.1, -0.05) is 49.2 Å². The summed E-state index contributed by atoms with van der Waals surface area (Å²) in [4.78, 5) is 12.0. The first-order chi connectivity index (χ1) is 12.8. The third-order valence-corrected chi connectivity index (χ3v) is 4.28. The second kappa shape index (κ2) is 9.62. The van der Waals surface area contributed by atoms with E-state index in [0.717, 1.165) is 11.1 Å². The molecule has 2 rings (SSSR count). The number of aryl methyl sites for hydroxylation is 1. The molecule has 0 bridgehead atoms. The monoisotopic (exact) mass is 408 g/mol. The van der Waals surface area contributed by atoms with Crippen LogP contribution in [-0.4, -0.2) is 25.8 Å². The van der Waals surface area contributed by atoms with Gasteiger partial charge < -0.3 is 9.47 Å². The van der Waals surface area contributed by atoms with Gasteiger partial charge in [0.2, 0.25) is 0 Å². The average Bonchev–Trinajstić information content (AvgIpc) is 2.59. The summed E-state index contributed by atoms with van der Waals surface area (Å²) in [5.41, 5.74) is 5.09. The first-order valence-electron chi connectivity index (χ1n) is 8.40. The molecule has 0 atom stereocenters. The SMILES string of the molecule is COc1c(Cl)cc(Cl)cc1C=NNC(=O)COc1cc(C)ccc1C(C)C. The highest BCUT2D eigenvalue weighted by Crippen LogP contribution is 2.31. The van der Waals surface area contributed by atoms with Gasteiger partial charge in [0, 0.05) is 10.6 Å². The number of hydrazone groups is 1. The first-order valence-corrected chi connectivity index (χ1v) is 9.15. The van der Waals surface area contributed by atoms with Crippen LogP contribution >= 0.6 is 23.2 Å². The summed E-state index contributed by atoms with van der Waals surface area (Å²) in [5, 5.41) is 4.72. The van der Waals surface area contributed by atoms with Crippen molar-refractivity contribution in [3.8, 4) is 11.5 Å². The number of nitrogens with zero attached hydrogens (tertiary/aromatic N) is 1. The summed E-state index contributed by atoms with van der Waals surface area (Å²) in [6.07, 6.45) is 1.42. The summed E-state index contributed by atoms with van der Waals surface area (Å²) < 4.78 is 10.9. The molecule has 1 amide bonds. The molecule has 0 spiro atoms. The minimum absolute atomic E-state index is 0.145. The van der Waals surface area contributed by atoms with Gasteiger partial charge in [-0.3, -0.25) is 4.79 Å². The van der Waals surface area contributed by atoms with Crippen LogP contribution < -0.4 is 14.9 Å². The zero-order chi connectivity index (χ0) is 20.0. The molecule has 0 fully saturated rings. The van der Waals surface area contributed by atoms with Crippen LogP contribution in [-0.2, 0) is 4.79 Å². The van der Waals surface area contributed by atoms with Gasteiger partial charge in [0.05, 0.1) is 18.3 Å². The number of carbonyl (C=O) groups excluding carboxylic acids is 1. The largest absolute Gasteiger partial charge is 0.495 e. The maximum atomic E-state index is 12.0. The Morgan fingerprint density at radius 2 is 2.00 bits per heavy atom. The van der Waals surface area contributed by atoms with E-state index < -0.39 is 0 Å². The number of amides is 1. The Bertz CT molecular complexity index is 851. The Morgan fingerprint density at radius 3 is 2.67 bits per heavy atom. The van der Waals surface area contributed by atoms with Crippen LogP contribution in [0.25, 0.3) is 0 Å². The molecule has 2 aromatic rings. The van der Waals surface area contributed by atoms with E-state index in [9.17, 15) is 4.79 Å². The second-order valence-electron chi connectivity index (χ2n) is 6.29. The topological polar surface area (TPSA) is 59.9 Å². The summed E-state index contributed by atoms with van der Waals surface area (Å²) in [5.74, 6) is 1.04. The summed E-state index contributed by atoms with van der Waals surface area (Å²) >= 11 is 12.1. The molecular formula is C20H22Cl2N2O3. The number of carbonyl (C=O) groups is 1. The number of ether oxygens (including phenoxy) is 2. The number of halogens is 2. The number of hydrogen-bond donors (Lipinski definition) is 1. The van der Waals surface area contributed by atoms with E-state index in [0.29, 0.717) is 33.0 Å². The molecule has 0 aliphatic heterocycles. The molecule has 7 heteroatoms. The molecule has 144 valence electrons. The van der Waals surface area contributed by atoms with Gasteiger partial charge in [0.1, 0.15) is 11.5 Å². The van der Waals surface area contributed by atoms with Crippen molar-refractivity contribution in [2.24, 2.45) is 5.10 Å². The quantitative estimate of drug-likeness (QED) is 0.519. The highest BCUT2D eigenvalue weighted by molar-refractivity contribution is 6.36. The minimum Gasteiger partial charge on any atom is -0.495 e. The van der Waals surface area contributed by atoms with Crippen molar-refractivity contribution in [1.82, 2.24) is 5.43 Å². The van der Waals surface area contributed by atoms with Crippen LogP contribution in [0.5, 0.6) is 11.5 Å². The number of nitrogens with one attached hydrogen (secondary N) is 1. The zero-order valence-electron chi connectivity index (χ0n) is 15.7. The van der Waals surface area contributed by atoms with E-state index in [1.807, 2.05) is 25.1 Å². The van der Waals surface area contributed by atoms with Crippen molar-refractivity contribution in [1.29, 1.82) is 0 Å². The smallest absolute Gasteiger partial charge is 0.277 e. The van der Waals surface area contributed by atoms with Crippen LogP contribution in [0.15, 0.2) is 35.4 Å². The number of hydrogen-bond acceptors (Lipinski definition) is 4. The van der Waals surface area contributed by atoms with Gasteiger partial charge in [-0.15, -0.1) is 0 Å². The van der Waals surface area contributed by atoms with Gasteiger partial charge in [-0.2, -0.15) is 5.10 Å². The Balaban J connectivity index is 2.00. The molecule has 0 saturated carbocycles. The lowest BCUT2D eigenvalue weighted by Gasteiger charge is -2.14. The van der Waals surface area contributed by atoms with Crippen molar-refractivity contribution in [2.45, 2.75) is 26.7 Å². The first kappa shape index (κ1) is 21.1. The van der Waals surface area contributed by atoms with E-state index in [1.165, 1.54) is 13.3 Å². The van der Waals surface area contributed by atoms with Gasteiger partial charge in [0.25, 0.3) is 5.91 Å². The molecule has 27 heavy (non-hydrogen) atoms. The fourth-order valence-electron chi connectivity index (χ4n) is 2.48. The van der Waals surface area contributed by atoms with Crippen LogP contribution in [0.4, 0.5) is 0 Å². The van der Waals surface area contributed by atoms with Crippen molar-refractivity contribution >= 4 is 35.3 Å². The Labute approximate surface area is 169 Å². The van der Waals surface area contributed by atoms with E-state index in [1.54, 1.807) is 12.1 Å². The van der Waals surface area contributed by atoms with E-state index in [2.05, 4.69) is 24.4 Å². The van der Waals surface area contributed by atoms with Crippen molar-refractivity contribution in [2.75, 3.05) is 13.7 Å². The van der Waals surface area contributed by atoms with Crippen molar-refractivity contribution < 1.29 is 14.3 Å². The van der Waals surface area contributed by atoms with Gasteiger partial charge in [-0.25, -0.2) is 5.43 Å². The van der Waals surface area contributed by atoms with E-state index in [-0.39, 0.29) is 12.5 Å². The van der Waals surface area contributed by atoms with Crippen LogP contribution in [0.2, 0.25) is 10.0 Å². The molecule has 1 N–H and O–H groups in total. The van der Waals surface area contributed by atoms with Crippen LogP contribution in [0.1, 0.15) is 36.5 Å². The van der Waals surface area contributed by atoms with Gasteiger partial charge in [-0.05, 0) is 42.2 Å². The lowest BCUT2D eigenvalue weighted by atomic mass is 10.0. The molecule has 0 radical (unpaired) electrons. The molecule has 0 aliphatic rings. The Kier molecular flexibility index (Phi) is 7.51. The fraction of sp³-hybridized carbons (Fsp3) is 0.300. The number of benzene rings is 2. The fourth-order valence-corrected chi connectivity index (χ4v) is 3.07.